The monoisotopic (exact) mass is 235 g/mol. The van der Waals surface area contributed by atoms with Crippen LogP contribution >= 0.6 is 0 Å². The SMILES string of the molecule is CCC1CCCC(NCc2cnn(C)c2C)C1. The lowest BCUT2D eigenvalue weighted by Crippen LogP contribution is -2.33. The Balaban J connectivity index is 1.83. The lowest BCUT2D eigenvalue weighted by atomic mass is 9.84. The first kappa shape index (κ1) is 12.6. The zero-order valence-electron chi connectivity index (χ0n) is 11.4. The van der Waals surface area contributed by atoms with Crippen molar-refractivity contribution >= 4 is 0 Å². The Morgan fingerprint density at radius 1 is 1.47 bits per heavy atom. The number of rotatable bonds is 4. The summed E-state index contributed by atoms with van der Waals surface area (Å²) in [4.78, 5) is 0. The van der Waals surface area contributed by atoms with Crippen LogP contribution in [0.2, 0.25) is 0 Å². The van der Waals surface area contributed by atoms with Gasteiger partial charge in [0.05, 0.1) is 6.20 Å². The van der Waals surface area contributed by atoms with E-state index in [1.165, 1.54) is 43.4 Å². The van der Waals surface area contributed by atoms with Crippen LogP contribution in [0.3, 0.4) is 0 Å². The second kappa shape index (κ2) is 5.67. The molecule has 0 spiro atoms. The first-order valence-corrected chi connectivity index (χ1v) is 6.91. The van der Waals surface area contributed by atoms with Gasteiger partial charge in [-0.3, -0.25) is 4.68 Å². The summed E-state index contributed by atoms with van der Waals surface area (Å²) < 4.78 is 1.95. The fraction of sp³-hybridized carbons (Fsp3) is 0.786. The van der Waals surface area contributed by atoms with Crippen molar-refractivity contribution < 1.29 is 0 Å². The molecule has 0 radical (unpaired) electrons. The third kappa shape index (κ3) is 3.09. The van der Waals surface area contributed by atoms with Crippen molar-refractivity contribution in [2.45, 2.75) is 58.5 Å². The van der Waals surface area contributed by atoms with Crippen LogP contribution in [0.1, 0.15) is 50.3 Å². The van der Waals surface area contributed by atoms with Gasteiger partial charge in [0.15, 0.2) is 0 Å². The summed E-state index contributed by atoms with van der Waals surface area (Å²) in [5.41, 5.74) is 2.62. The first-order chi connectivity index (χ1) is 8.20. The predicted octanol–water partition coefficient (Wildman–Crippen LogP) is 2.79. The number of aromatic nitrogens is 2. The van der Waals surface area contributed by atoms with Gasteiger partial charge < -0.3 is 5.32 Å². The molecule has 17 heavy (non-hydrogen) atoms. The van der Waals surface area contributed by atoms with Crippen molar-refractivity contribution in [3.05, 3.63) is 17.5 Å². The molecule has 3 nitrogen and oxygen atoms in total. The highest BCUT2D eigenvalue weighted by Gasteiger charge is 2.20. The second-order valence-electron chi connectivity index (χ2n) is 5.40. The Morgan fingerprint density at radius 3 is 2.94 bits per heavy atom. The third-order valence-electron chi connectivity index (χ3n) is 4.28. The Bertz CT molecular complexity index is 356. The number of hydrogen-bond acceptors (Lipinski definition) is 2. The quantitative estimate of drug-likeness (QED) is 0.869. The molecule has 1 aromatic rings. The van der Waals surface area contributed by atoms with Crippen molar-refractivity contribution in [3.63, 3.8) is 0 Å². The van der Waals surface area contributed by atoms with Crippen LogP contribution in [-0.2, 0) is 13.6 Å². The largest absolute Gasteiger partial charge is 0.310 e. The summed E-state index contributed by atoms with van der Waals surface area (Å²) in [6.45, 7) is 5.43. The van der Waals surface area contributed by atoms with Gasteiger partial charge in [-0.05, 0) is 25.7 Å². The average molecular weight is 235 g/mol. The Morgan fingerprint density at radius 2 is 2.29 bits per heavy atom. The molecule has 1 aromatic heterocycles. The maximum atomic E-state index is 4.29. The Kier molecular flexibility index (Phi) is 4.21. The van der Waals surface area contributed by atoms with E-state index in [2.05, 4.69) is 24.3 Å². The highest BCUT2D eigenvalue weighted by atomic mass is 15.3. The molecule has 1 heterocycles. The van der Waals surface area contributed by atoms with Gasteiger partial charge in [-0.25, -0.2) is 0 Å². The predicted molar refractivity (Wildman–Crippen MR) is 70.8 cm³/mol. The third-order valence-corrected chi connectivity index (χ3v) is 4.28. The normalized spacial score (nSPS) is 25.1. The fourth-order valence-corrected chi connectivity index (χ4v) is 2.82. The van der Waals surface area contributed by atoms with E-state index in [0.717, 1.165) is 12.5 Å². The molecule has 0 bridgehead atoms. The van der Waals surface area contributed by atoms with E-state index in [1.54, 1.807) is 0 Å². The van der Waals surface area contributed by atoms with Crippen LogP contribution in [0.5, 0.6) is 0 Å². The molecule has 1 N–H and O–H groups in total. The highest BCUT2D eigenvalue weighted by molar-refractivity contribution is 5.15. The Hall–Kier alpha value is -0.830. The van der Waals surface area contributed by atoms with Gasteiger partial charge in [-0.1, -0.05) is 26.2 Å². The maximum Gasteiger partial charge on any atom is 0.0537 e. The molecule has 1 saturated carbocycles. The van der Waals surface area contributed by atoms with Gasteiger partial charge in [-0.2, -0.15) is 5.10 Å². The minimum absolute atomic E-state index is 0.716. The summed E-state index contributed by atoms with van der Waals surface area (Å²) in [6.07, 6.45) is 8.85. The summed E-state index contributed by atoms with van der Waals surface area (Å²) in [5.74, 6) is 0.941. The lowest BCUT2D eigenvalue weighted by molar-refractivity contribution is 0.278. The molecular formula is C14H25N3. The summed E-state index contributed by atoms with van der Waals surface area (Å²) in [5, 5.41) is 7.99. The van der Waals surface area contributed by atoms with Gasteiger partial charge in [-0.15, -0.1) is 0 Å². The highest BCUT2D eigenvalue weighted by Crippen LogP contribution is 2.26. The van der Waals surface area contributed by atoms with Gasteiger partial charge in [0.2, 0.25) is 0 Å². The maximum absolute atomic E-state index is 4.29. The van der Waals surface area contributed by atoms with Gasteiger partial charge >= 0.3 is 0 Å². The molecule has 3 heteroatoms. The van der Waals surface area contributed by atoms with E-state index in [4.69, 9.17) is 0 Å². The van der Waals surface area contributed by atoms with Crippen LogP contribution in [-0.4, -0.2) is 15.8 Å². The number of hydrogen-bond donors (Lipinski definition) is 1. The van der Waals surface area contributed by atoms with Gasteiger partial charge in [0.25, 0.3) is 0 Å². The Labute approximate surface area is 105 Å². The zero-order chi connectivity index (χ0) is 12.3. The molecule has 0 saturated heterocycles. The van der Waals surface area contributed by atoms with Crippen molar-refractivity contribution in [3.8, 4) is 0 Å². The molecule has 1 aliphatic carbocycles. The molecule has 1 aliphatic rings. The molecule has 2 unspecified atom stereocenters. The molecule has 2 rings (SSSR count). The van der Waals surface area contributed by atoms with E-state index in [0.29, 0.717) is 6.04 Å². The van der Waals surface area contributed by atoms with Gasteiger partial charge in [0, 0.05) is 30.9 Å². The van der Waals surface area contributed by atoms with E-state index in [1.807, 2.05) is 17.9 Å². The summed E-state index contributed by atoms with van der Waals surface area (Å²) in [6, 6.07) is 0.716. The molecule has 96 valence electrons. The van der Waals surface area contributed by atoms with Crippen LogP contribution in [0.4, 0.5) is 0 Å². The van der Waals surface area contributed by atoms with E-state index >= 15 is 0 Å². The number of nitrogens with one attached hydrogen (secondary N) is 1. The van der Waals surface area contributed by atoms with Crippen LogP contribution in [0.25, 0.3) is 0 Å². The van der Waals surface area contributed by atoms with Crippen LogP contribution in [0.15, 0.2) is 6.20 Å². The number of nitrogens with zero attached hydrogens (tertiary/aromatic N) is 2. The van der Waals surface area contributed by atoms with Gasteiger partial charge in [0.1, 0.15) is 0 Å². The topological polar surface area (TPSA) is 29.9 Å². The van der Waals surface area contributed by atoms with Crippen molar-refractivity contribution in [1.82, 2.24) is 15.1 Å². The molecule has 2 atom stereocenters. The van der Waals surface area contributed by atoms with E-state index in [-0.39, 0.29) is 0 Å². The van der Waals surface area contributed by atoms with Crippen molar-refractivity contribution in [1.29, 1.82) is 0 Å². The van der Waals surface area contributed by atoms with Crippen molar-refractivity contribution in [2.24, 2.45) is 13.0 Å². The summed E-state index contributed by atoms with van der Waals surface area (Å²) >= 11 is 0. The fourth-order valence-electron chi connectivity index (χ4n) is 2.82. The second-order valence-corrected chi connectivity index (χ2v) is 5.40. The first-order valence-electron chi connectivity index (χ1n) is 6.91. The van der Waals surface area contributed by atoms with Crippen LogP contribution < -0.4 is 5.32 Å². The number of aryl methyl sites for hydroxylation is 1. The van der Waals surface area contributed by atoms with Crippen LogP contribution in [0, 0.1) is 12.8 Å². The molecule has 1 fully saturated rings. The lowest BCUT2D eigenvalue weighted by Gasteiger charge is -2.29. The standard InChI is InChI=1S/C14H25N3/c1-4-12-6-5-7-14(8-12)15-9-13-10-16-17(3)11(13)2/h10,12,14-15H,4-9H2,1-3H3. The zero-order valence-corrected chi connectivity index (χ0v) is 11.4. The van der Waals surface area contributed by atoms with Crippen molar-refractivity contribution in [2.75, 3.05) is 0 Å². The van der Waals surface area contributed by atoms with E-state index < -0.39 is 0 Å². The minimum Gasteiger partial charge on any atom is -0.310 e. The molecular weight excluding hydrogens is 210 g/mol. The molecule has 0 amide bonds. The smallest absolute Gasteiger partial charge is 0.0537 e. The molecule has 0 aromatic carbocycles. The minimum atomic E-state index is 0.716. The average Bonchev–Trinajstić information content (AvgIpc) is 2.68. The molecule has 0 aliphatic heterocycles. The summed E-state index contributed by atoms with van der Waals surface area (Å²) in [7, 11) is 2.01. The van der Waals surface area contributed by atoms with E-state index in [9.17, 15) is 0 Å².